The molecule has 1 saturated carbocycles. The summed E-state index contributed by atoms with van der Waals surface area (Å²) >= 11 is 0. The fourth-order valence-electron chi connectivity index (χ4n) is 4.06. The topological polar surface area (TPSA) is 99.9 Å². The van der Waals surface area contributed by atoms with Gasteiger partial charge in [0.1, 0.15) is 11.6 Å². The van der Waals surface area contributed by atoms with Crippen LogP contribution in [0.3, 0.4) is 0 Å². The normalized spacial score (nSPS) is 20.4. The van der Waals surface area contributed by atoms with Gasteiger partial charge in [-0.3, -0.25) is 4.98 Å². The third kappa shape index (κ3) is 3.69. The van der Waals surface area contributed by atoms with Crippen molar-refractivity contribution >= 4 is 40.6 Å². The maximum atomic E-state index is 6.33. The van der Waals surface area contributed by atoms with E-state index in [2.05, 4.69) is 44.7 Å². The Labute approximate surface area is 169 Å². The van der Waals surface area contributed by atoms with Gasteiger partial charge in [-0.25, -0.2) is 4.98 Å². The molecule has 0 spiro atoms. The highest BCUT2D eigenvalue weighted by atomic mass is 15.3. The summed E-state index contributed by atoms with van der Waals surface area (Å²) in [4.78, 5) is 9.32. The fourth-order valence-corrected chi connectivity index (χ4v) is 4.06. The third-order valence-corrected chi connectivity index (χ3v) is 5.64. The Bertz CT molecular complexity index is 1160. The zero-order chi connectivity index (χ0) is 19.6. The van der Waals surface area contributed by atoms with Crippen LogP contribution in [-0.2, 0) is 0 Å². The molecule has 3 aromatic rings. The van der Waals surface area contributed by atoms with Crippen LogP contribution in [0.4, 0.5) is 17.3 Å². The smallest absolute Gasteiger partial charge is 0.142 e. The Hall–Kier alpha value is -3.32. The van der Waals surface area contributed by atoms with Crippen LogP contribution in [0.25, 0.3) is 23.3 Å². The lowest BCUT2D eigenvalue weighted by atomic mass is 9.91. The Balaban J connectivity index is 1.50. The predicted octanol–water partition coefficient (Wildman–Crippen LogP) is 1.64. The average molecular weight is 387 g/mol. The first kappa shape index (κ1) is 17.8. The van der Waals surface area contributed by atoms with Gasteiger partial charge < -0.3 is 27.2 Å². The van der Waals surface area contributed by atoms with Gasteiger partial charge in [0.05, 0.1) is 5.52 Å². The molecule has 6 N–H and O–H groups in total. The summed E-state index contributed by atoms with van der Waals surface area (Å²) in [6, 6.07) is 12.6. The molecule has 0 radical (unpaired) electrons. The van der Waals surface area contributed by atoms with Crippen LogP contribution in [0.15, 0.2) is 42.6 Å². The van der Waals surface area contributed by atoms with Crippen molar-refractivity contribution in [1.29, 1.82) is 0 Å². The van der Waals surface area contributed by atoms with Crippen molar-refractivity contribution in [3.05, 3.63) is 53.0 Å². The number of rotatable bonds is 4. The summed E-state index contributed by atoms with van der Waals surface area (Å²) in [5.74, 6) is 1.62. The summed E-state index contributed by atoms with van der Waals surface area (Å²) in [6.45, 7) is 0. The number of nitrogens with two attached hydrogens (primary N) is 1. The van der Waals surface area contributed by atoms with Crippen molar-refractivity contribution in [2.75, 3.05) is 10.6 Å². The molecule has 1 aliphatic heterocycles. The minimum atomic E-state index is 0.167. The minimum Gasteiger partial charge on any atom is -0.366 e. The van der Waals surface area contributed by atoms with E-state index in [-0.39, 0.29) is 12.1 Å². The molecule has 3 heterocycles. The van der Waals surface area contributed by atoms with Crippen molar-refractivity contribution in [3.63, 3.8) is 0 Å². The van der Waals surface area contributed by atoms with Gasteiger partial charge >= 0.3 is 0 Å². The number of anilines is 3. The number of hydrogen-bond acceptors (Lipinski definition) is 7. The molecule has 7 nitrogen and oxygen atoms in total. The molecule has 2 atom stereocenters. The van der Waals surface area contributed by atoms with E-state index in [1.54, 1.807) is 0 Å². The maximum Gasteiger partial charge on any atom is 0.142 e. The zero-order valence-electron chi connectivity index (χ0n) is 16.2. The standard InChI is InChI=1S/C22H25N7/c23-18-5-1-2-6-19(18)28-21-10-15-12-25-26-13-17(15)22(29-21)27-16-8-7-14-4-3-9-24-20(14)11-16/h3-4,7-13,18-19,25-26,28H,1-2,5-6,23H2,(H,27,29)/t18-,19+/m0/s1. The lowest BCUT2D eigenvalue weighted by Gasteiger charge is -2.30. The van der Waals surface area contributed by atoms with E-state index in [9.17, 15) is 0 Å². The Morgan fingerprint density at radius 2 is 1.93 bits per heavy atom. The first-order valence-electron chi connectivity index (χ1n) is 10.1. The Morgan fingerprint density at radius 3 is 2.86 bits per heavy atom. The summed E-state index contributed by atoms with van der Waals surface area (Å²) in [6.07, 6.45) is 10.2. The number of nitrogens with one attached hydrogen (secondary N) is 4. The van der Waals surface area contributed by atoms with Crippen LogP contribution < -0.4 is 37.7 Å². The number of nitrogens with zero attached hydrogens (tertiary/aromatic N) is 2. The molecule has 29 heavy (non-hydrogen) atoms. The van der Waals surface area contributed by atoms with Crippen molar-refractivity contribution < 1.29 is 0 Å². The van der Waals surface area contributed by atoms with Crippen LogP contribution in [0.2, 0.25) is 0 Å². The Morgan fingerprint density at radius 1 is 1.03 bits per heavy atom. The molecule has 2 aliphatic rings. The van der Waals surface area contributed by atoms with Gasteiger partial charge in [-0.1, -0.05) is 25.0 Å². The highest BCUT2D eigenvalue weighted by Crippen LogP contribution is 2.22. The van der Waals surface area contributed by atoms with Crippen LogP contribution in [0.1, 0.15) is 25.7 Å². The largest absolute Gasteiger partial charge is 0.366 e. The van der Waals surface area contributed by atoms with Gasteiger partial charge in [0.15, 0.2) is 0 Å². The van der Waals surface area contributed by atoms with Gasteiger partial charge in [0.25, 0.3) is 0 Å². The lowest BCUT2D eigenvalue weighted by Crippen LogP contribution is -2.44. The summed E-state index contributed by atoms with van der Waals surface area (Å²) in [5, 5.41) is 10.2. The molecule has 1 aromatic carbocycles. The third-order valence-electron chi connectivity index (χ3n) is 5.64. The number of hydrazine groups is 1. The van der Waals surface area contributed by atoms with Crippen LogP contribution in [0, 0.1) is 0 Å². The van der Waals surface area contributed by atoms with Crippen molar-refractivity contribution in [2.24, 2.45) is 5.73 Å². The van der Waals surface area contributed by atoms with Crippen molar-refractivity contribution in [1.82, 2.24) is 20.8 Å². The molecule has 1 aliphatic carbocycles. The van der Waals surface area contributed by atoms with E-state index in [0.717, 1.165) is 51.5 Å². The van der Waals surface area contributed by atoms with Gasteiger partial charge in [-0.15, -0.1) is 0 Å². The number of fused-ring (bicyclic) bond motifs is 2. The summed E-state index contributed by atoms with van der Waals surface area (Å²) in [5.41, 5.74) is 14.3. The van der Waals surface area contributed by atoms with Gasteiger partial charge in [-0.05, 0) is 37.1 Å². The van der Waals surface area contributed by atoms with E-state index >= 15 is 0 Å². The zero-order valence-corrected chi connectivity index (χ0v) is 16.2. The van der Waals surface area contributed by atoms with E-state index < -0.39 is 0 Å². The van der Waals surface area contributed by atoms with Gasteiger partial charge in [0, 0.05) is 52.2 Å². The van der Waals surface area contributed by atoms with E-state index in [1.807, 2.05) is 36.8 Å². The predicted molar refractivity (Wildman–Crippen MR) is 118 cm³/mol. The quantitative estimate of drug-likeness (QED) is 0.464. The van der Waals surface area contributed by atoms with Gasteiger partial charge in [-0.2, -0.15) is 0 Å². The number of pyridine rings is 2. The maximum absolute atomic E-state index is 6.33. The molecule has 2 aromatic heterocycles. The fraction of sp³-hybridized carbons (Fsp3) is 0.273. The second-order valence-corrected chi connectivity index (χ2v) is 7.67. The molecule has 0 bridgehead atoms. The molecular formula is C22H25N7. The lowest BCUT2D eigenvalue weighted by molar-refractivity contribution is 0.403. The number of benzene rings is 1. The van der Waals surface area contributed by atoms with Crippen molar-refractivity contribution in [2.45, 2.75) is 37.8 Å². The molecular weight excluding hydrogens is 362 g/mol. The van der Waals surface area contributed by atoms with Gasteiger partial charge in [0.2, 0.25) is 0 Å². The molecule has 0 amide bonds. The minimum absolute atomic E-state index is 0.167. The molecule has 5 rings (SSSR count). The van der Waals surface area contributed by atoms with Crippen LogP contribution in [0.5, 0.6) is 0 Å². The second kappa shape index (κ2) is 7.60. The first-order valence-corrected chi connectivity index (χ1v) is 10.1. The number of hydrogen-bond donors (Lipinski definition) is 5. The average Bonchev–Trinajstić information content (AvgIpc) is 2.75. The molecule has 0 unspecified atom stereocenters. The first-order chi connectivity index (χ1) is 14.3. The van der Waals surface area contributed by atoms with Crippen molar-refractivity contribution in [3.8, 4) is 0 Å². The summed E-state index contributed by atoms with van der Waals surface area (Å²) in [7, 11) is 0. The Kier molecular flexibility index (Phi) is 4.65. The molecule has 7 heteroatoms. The van der Waals surface area contributed by atoms with Crippen LogP contribution >= 0.6 is 0 Å². The highest BCUT2D eigenvalue weighted by Gasteiger charge is 2.22. The second-order valence-electron chi connectivity index (χ2n) is 7.67. The van der Waals surface area contributed by atoms with Crippen LogP contribution in [-0.4, -0.2) is 22.1 Å². The van der Waals surface area contributed by atoms with E-state index in [0.29, 0.717) is 0 Å². The SMILES string of the molecule is N[C@H]1CCCC[C@H]1Nc1cc2c(c(Nc3ccc4cccnc4c3)n1)=CNNC=2. The molecule has 148 valence electrons. The van der Waals surface area contributed by atoms with E-state index in [4.69, 9.17) is 10.7 Å². The van der Waals surface area contributed by atoms with E-state index in [1.165, 1.54) is 12.8 Å². The molecule has 0 saturated heterocycles. The monoisotopic (exact) mass is 387 g/mol. The molecule has 1 fully saturated rings. The number of aromatic nitrogens is 2. The highest BCUT2D eigenvalue weighted by molar-refractivity contribution is 5.83. The summed E-state index contributed by atoms with van der Waals surface area (Å²) < 4.78 is 0.